The molecule has 0 saturated heterocycles. The van der Waals surface area contributed by atoms with Crippen LogP contribution in [0.4, 0.5) is 0 Å². The molecular weight excluding hydrogens is 356 g/mol. The van der Waals surface area contributed by atoms with Crippen molar-refractivity contribution in [3.8, 4) is 11.8 Å². The van der Waals surface area contributed by atoms with Crippen molar-refractivity contribution in [3.05, 3.63) is 70.8 Å². The molecule has 2 rings (SSSR count). The van der Waals surface area contributed by atoms with Crippen LogP contribution in [0.25, 0.3) is 0 Å². The van der Waals surface area contributed by atoms with Gasteiger partial charge in [-0.1, -0.05) is 11.8 Å². The van der Waals surface area contributed by atoms with Gasteiger partial charge in [-0.2, -0.15) is 0 Å². The Balaban J connectivity index is 1.94. The zero-order valence-electron chi connectivity index (χ0n) is 16.1. The number of nitrogens with one attached hydrogen (secondary N) is 2. The van der Waals surface area contributed by atoms with Gasteiger partial charge >= 0.3 is 0 Å². The van der Waals surface area contributed by atoms with Crippen LogP contribution in [0.3, 0.4) is 0 Å². The highest BCUT2D eigenvalue weighted by Crippen LogP contribution is 2.06. The van der Waals surface area contributed by atoms with E-state index in [4.69, 9.17) is 9.47 Å². The van der Waals surface area contributed by atoms with Crippen molar-refractivity contribution in [1.29, 1.82) is 0 Å². The highest BCUT2D eigenvalue weighted by molar-refractivity contribution is 5.94. The summed E-state index contributed by atoms with van der Waals surface area (Å²) < 4.78 is 9.81. The summed E-state index contributed by atoms with van der Waals surface area (Å²) in [6.07, 6.45) is 0. The van der Waals surface area contributed by atoms with Gasteiger partial charge in [-0.05, 0) is 48.5 Å². The highest BCUT2D eigenvalue weighted by Gasteiger charge is 2.05. The second-order valence-corrected chi connectivity index (χ2v) is 5.90. The number of amides is 2. The molecular formula is C22H24N2O4. The molecule has 0 heterocycles. The fourth-order valence-electron chi connectivity index (χ4n) is 2.29. The third kappa shape index (κ3) is 6.88. The number of methoxy groups -OCH3 is 2. The van der Waals surface area contributed by atoms with Crippen LogP contribution in [0.2, 0.25) is 0 Å². The quantitative estimate of drug-likeness (QED) is 0.541. The Morgan fingerprint density at radius 2 is 1.07 bits per heavy atom. The van der Waals surface area contributed by atoms with Gasteiger partial charge in [0.2, 0.25) is 0 Å². The number of benzene rings is 2. The lowest BCUT2D eigenvalue weighted by Gasteiger charge is -2.04. The van der Waals surface area contributed by atoms with Crippen LogP contribution >= 0.6 is 0 Å². The first-order valence-electron chi connectivity index (χ1n) is 8.90. The molecule has 0 saturated carbocycles. The summed E-state index contributed by atoms with van der Waals surface area (Å²) >= 11 is 0. The molecule has 6 nitrogen and oxygen atoms in total. The summed E-state index contributed by atoms with van der Waals surface area (Å²) in [4.78, 5) is 23.9. The third-order valence-electron chi connectivity index (χ3n) is 3.83. The van der Waals surface area contributed by atoms with E-state index in [9.17, 15) is 9.59 Å². The average Bonchev–Trinajstić information content (AvgIpc) is 2.73. The minimum absolute atomic E-state index is 0.143. The predicted molar refractivity (Wildman–Crippen MR) is 107 cm³/mol. The molecule has 0 unspecified atom stereocenters. The molecule has 146 valence electrons. The summed E-state index contributed by atoms with van der Waals surface area (Å²) in [6.45, 7) is 1.89. The van der Waals surface area contributed by atoms with Crippen molar-refractivity contribution in [2.24, 2.45) is 0 Å². The monoisotopic (exact) mass is 380 g/mol. The maximum atomic E-state index is 11.9. The zero-order chi connectivity index (χ0) is 20.2. The van der Waals surface area contributed by atoms with E-state index in [-0.39, 0.29) is 11.8 Å². The number of ether oxygens (including phenoxy) is 2. The number of hydrogen-bond acceptors (Lipinski definition) is 4. The average molecular weight is 380 g/mol. The minimum Gasteiger partial charge on any atom is -0.383 e. The van der Waals surface area contributed by atoms with Crippen LogP contribution in [0.15, 0.2) is 48.5 Å². The fraction of sp³-hybridized carbons (Fsp3) is 0.273. The van der Waals surface area contributed by atoms with Gasteiger partial charge in [0.15, 0.2) is 0 Å². The molecule has 0 aromatic heterocycles. The van der Waals surface area contributed by atoms with Gasteiger partial charge in [-0.3, -0.25) is 9.59 Å². The first-order valence-corrected chi connectivity index (χ1v) is 8.90. The normalized spacial score (nSPS) is 9.93. The van der Waals surface area contributed by atoms with Crippen molar-refractivity contribution >= 4 is 11.8 Å². The van der Waals surface area contributed by atoms with Gasteiger partial charge in [0.1, 0.15) is 0 Å². The van der Waals surface area contributed by atoms with Crippen LogP contribution in [0.1, 0.15) is 31.8 Å². The van der Waals surface area contributed by atoms with Crippen molar-refractivity contribution in [1.82, 2.24) is 10.6 Å². The van der Waals surface area contributed by atoms with Gasteiger partial charge in [-0.25, -0.2) is 0 Å². The number of carbonyl (C=O) groups excluding carboxylic acids is 2. The van der Waals surface area contributed by atoms with Gasteiger partial charge in [-0.15, -0.1) is 0 Å². The second-order valence-electron chi connectivity index (χ2n) is 5.90. The highest BCUT2D eigenvalue weighted by atomic mass is 16.5. The maximum absolute atomic E-state index is 11.9. The Labute approximate surface area is 165 Å². The topological polar surface area (TPSA) is 76.7 Å². The number of rotatable bonds is 8. The van der Waals surface area contributed by atoms with Crippen molar-refractivity contribution in [2.45, 2.75) is 0 Å². The van der Waals surface area contributed by atoms with Gasteiger partial charge in [0.05, 0.1) is 13.2 Å². The van der Waals surface area contributed by atoms with Gasteiger partial charge in [0.25, 0.3) is 11.8 Å². The molecule has 0 aliphatic carbocycles. The van der Waals surface area contributed by atoms with Crippen LogP contribution in [0, 0.1) is 11.8 Å². The fourth-order valence-corrected chi connectivity index (χ4v) is 2.29. The lowest BCUT2D eigenvalue weighted by Crippen LogP contribution is -2.26. The molecule has 0 fully saturated rings. The van der Waals surface area contributed by atoms with Crippen molar-refractivity contribution in [3.63, 3.8) is 0 Å². The molecule has 28 heavy (non-hydrogen) atoms. The summed E-state index contributed by atoms with van der Waals surface area (Å²) in [5, 5.41) is 5.54. The molecule has 0 aliphatic rings. The molecule has 0 aliphatic heterocycles. The number of carbonyl (C=O) groups is 2. The van der Waals surface area contributed by atoms with Crippen LogP contribution in [-0.2, 0) is 9.47 Å². The first-order chi connectivity index (χ1) is 13.6. The molecule has 6 heteroatoms. The Bertz CT molecular complexity index is 764. The molecule has 0 atom stereocenters. The summed E-state index contributed by atoms with van der Waals surface area (Å²) in [5.41, 5.74) is 2.75. The molecule has 0 radical (unpaired) electrons. The standard InChI is InChI=1S/C22H24N2O4/c1-27-15-13-23-21(25)19-9-5-17(6-10-19)3-4-18-7-11-20(12-8-18)22(26)24-14-16-28-2/h5-12H,13-16H2,1-2H3,(H,23,25)(H,24,26). The Hall–Kier alpha value is -3.14. The van der Waals surface area contributed by atoms with E-state index in [0.717, 1.165) is 11.1 Å². The smallest absolute Gasteiger partial charge is 0.251 e. The summed E-state index contributed by atoms with van der Waals surface area (Å²) in [6, 6.07) is 14.1. The lowest BCUT2D eigenvalue weighted by atomic mass is 10.1. The molecule has 2 amide bonds. The van der Waals surface area contributed by atoms with E-state index >= 15 is 0 Å². The molecule has 0 spiro atoms. The minimum atomic E-state index is -0.143. The zero-order valence-corrected chi connectivity index (χ0v) is 16.1. The Morgan fingerprint density at radius 1 is 0.714 bits per heavy atom. The molecule has 2 aromatic carbocycles. The second kappa shape index (κ2) is 11.5. The summed E-state index contributed by atoms with van der Waals surface area (Å²) in [5.74, 6) is 5.82. The summed E-state index contributed by atoms with van der Waals surface area (Å²) in [7, 11) is 3.18. The number of hydrogen-bond donors (Lipinski definition) is 2. The van der Waals surface area contributed by atoms with E-state index in [1.807, 2.05) is 0 Å². The largest absolute Gasteiger partial charge is 0.383 e. The lowest BCUT2D eigenvalue weighted by molar-refractivity contribution is 0.0929. The molecule has 0 bridgehead atoms. The van der Waals surface area contributed by atoms with Gasteiger partial charge in [0, 0.05) is 49.6 Å². The Kier molecular flexibility index (Phi) is 8.73. The predicted octanol–water partition coefficient (Wildman–Crippen LogP) is 1.84. The maximum Gasteiger partial charge on any atom is 0.251 e. The van der Waals surface area contributed by atoms with E-state index < -0.39 is 0 Å². The van der Waals surface area contributed by atoms with Crippen LogP contribution < -0.4 is 10.6 Å². The Morgan fingerprint density at radius 3 is 1.39 bits per heavy atom. The van der Waals surface area contributed by atoms with Crippen LogP contribution in [0.5, 0.6) is 0 Å². The third-order valence-corrected chi connectivity index (χ3v) is 3.83. The SMILES string of the molecule is COCCNC(=O)c1ccc(C#Cc2ccc(C(=O)NCCOC)cc2)cc1. The van der Waals surface area contributed by atoms with E-state index in [0.29, 0.717) is 37.4 Å². The van der Waals surface area contributed by atoms with E-state index in [1.54, 1.807) is 62.8 Å². The first kappa shape index (κ1) is 21.2. The van der Waals surface area contributed by atoms with Gasteiger partial charge < -0.3 is 20.1 Å². The van der Waals surface area contributed by atoms with Crippen LogP contribution in [-0.4, -0.2) is 52.3 Å². The van der Waals surface area contributed by atoms with Crippen molar-refractivity contribution < 1.29 is 19.1 Å². The van der Waals surface area contributed by atoms with E-state index in [1.165, 1.54) is 0 Å². The van der Waals surface area contributed by atoms with E-state index in [2.05, 4.69) is 22.5 Å². The molecule has 2 aromatic rings. The molecule has 2 N–H and O–H groups in total. The van der Waals surface area contributed by atoms with Crippen molar-refractivity contribution in [2.75, 3.05) is 40.5 Å².